The van der Waals surface area contributed by atoms with Gasteiger partial charge in [-0.2, -0.15) is 0 Å². The zero-order valence-corrected chi connectivity index (χ0v) is 9.78. The Labute approximate surface area is 99.7 Å². The summed E-state index contributed by atoms with van der Waals surface area (Å²) >= 11 is 0. The van der Waals surface area contributed by atoms with Crippen molar-refractivity contribution in [2.45, 2.75) is 25.8 Å². The summed E-state index contributed by atoms with van der Waals surface area (Å²) in [4.78, 5) is 10.5. The average molecular weight is 240 g/mol. The summed E-state index contributed by atoms with van der Waals surface area (Å²) < 4.78 is 18.6. The molecule has 0 aliphatic rings. The summed E-state index contributed by atoms with van der Waals surface area (Å²) in [5.74, 6) is -0.800. The Morgan fingerprint density at radius 1 is 1.53 bits per heavy atom. The van der Waals surface area contributed by atoms with Gasteiger partial charge in [-0.05, 0) is 31.0 Å². The maximum atomic E-state index is 13.5. The number of rotatable bonds is 6. The van der Waals surface area contributed by atoms with Crippen LogP contribution in [-0.4, -0.2) is 18.6 Å². The van der Waals surface area contributed by atoms with Crippen LogP contribution in [0.2, 0.25) is 0 Å². The lowest BCUT2D eigenvalue weighted by atomic mass is 10.1. The maximum absolute atomic E-state index is 13.5. The van der Waals surface area contributed by atoms with Crippen LogP contribution in [0.3, 0.4) is 0 Å². The summed E-state index contributed by atoms with van der Waals surface area (Å²) in [6.45, 7) is 1.94. The Morgan fingerprint density at radius 2 is 2.24 bits per heavy atom. The molecule has 1 aromatic carbocycles. The van der Waals surface area contributed by atoms with Gasteiger partial charge in [0.05, 0.1) is 13.0 Å². The van der Waals surface area contributed by atoms with Crippen molar-refractivity contribution >= 4 is 5.91 Å². The number of primary amides is 1. The molecule has 1 aromatic rings. The van der Waals surface area contributed by atoms with Gasteiger partial charge >= 0.3 is 0 Å². The number of amides is 1. The minimum atomic E-state index is -0.473. The van der Waals surface area contributed by atoms with Crippen molar-refractivity contribution in [1.82, 2.24) is 0 Å². The number of benzene rings is 1. The van der Waals surface area contributed by atoms with Gasteiger partial charge in [-0.3, -0.25) is 4.79 Å². The third-order valence-corrected chi connectivity index (χ3v) is 2.16. The van der Waals surface area contributed by atoms with Crippen LogP contribution in [0.1, 0.15) is 18.9 Å². The Kier molecular flexibility index (Phi) is 4.90. The minimum Gasteiger partial charge on any atom is -0.490 e. The standard InChI is InChI=1S/C12H17FN2O2/c1-8(14)6-9-2-3-11(10(13)7-9)17-5-4-12(15)16/h2-3,7-8H,4-6,14H2,1H3,(H2,15,16). The molecule has 1 amide bonds. The highest BCUT2D eigenvalue weighted by molar-refractivity contribution is 5.73. The number of hydrogen-bond donors (Lipinski definition) is 2. The molecule has 4 nitrogen and oxygen atoms in total. The molecule has 5 heteroatoms. The number of hydrogen-bond acceptors (Lipinski definition) is 3. The molecule has 0 heterocycles. The lowest BCUT2D eigenvalue weighted by Gasteiger charge is -2.09. The predicted molar refractivity (Wildman–Crippen MR) is 63.1 cm³/mol. The van der Waals surface area contributed by atoms with Crippen molar-refractivity contribution in [1.29, 1.82) is 0 Å². The zero-order chi connectivity index (χ0) is 12.8. The van der Waals surface area contributed by atoms with Gasteiger partial charge in [-0.15, -0.1) is 0 Å². The maximum Gasteiger partial charge on any atom is 0.220 e. The van der Waals surface area contributed by atoms with Crippen LogP contribution in [0, 0.1) is 5.82 Å². The van der Waals surface area contributed by atoms with E-state index in [2.05, 4.69) is 0 Å². The van der Waals surface area contributed by atoms with Crippen LogP contribution in [0.15, 0.2) is 18.2 Å². The van der Waals surface area contributed by atoms with Crippen molar-refractivity contribution < 1.29 is 13.9 Å². The fourth-order valence-corrected chi connectivity index (χ4v) is 1.42. The lowest BCUT2D eigenvalue weighted by molar-refractivity contribution is -0.118. The van der Waals surface area contributed by atoms with E-state index >= 15 is 0 Å². The van der Waals surface area contributed by atoms with Gasteiger partial charge in [-0.1, -0.05) is 6.07 Å². The fourth-order valence-electron chi connectivity index (χ4n) is 1.42. The minimum absolute atomic E-state index is 0.0176. The highest BCUT2D eigenvalue weighted by Crippen LogP contribution is 2.19. The van der Waals surface area contributed by atoms with Crippen molar-refractivity contribution in [3.05, 3.63) is 29.6 Å². The van der Waals surface area contributed by atoms with Crippen molar-refractivity contribution in [2.24, 2.45) is 11.5 Å². The Hall–Kier alpha value is -1.62. The molecule has 0 bridgehead atoms. The molecule has 0 spiro atoms. The molecule has 0 radical (unpaired) electrons. The molecule has 0 saturated carbocycles. The second-order valence-corrected chi connectivity index (χ2v) is 4.01. The summed E-state index contributed by atoms with van der Waals surface area (Å²) in [5, 5.41) is 0. The average Bonchev–Trinajstić information content (AvgIpc) is 2.20. The quantitative estimate of drug-likeness (QED) is 0.777. The molecular formula is C12H17FN2O2. The van der Waals surface area contributed by atoms with Gasteiger partial charge in [0.15, 0.2) is 11.6 Å². The van der Waals surface area contributed by atoms with E-state index in [9.17, 15) is 9.18 Å². The first-order chi connectivity index (χ1) is 7.99. The van der Waals surface area contributed by atoms with Gasteiger partial charge in [0.25, 0.3) is 0 Å². The van der Waals surface area contributed by atoms with Crippen molar-refractivity contribution in [2.75, 3.05) is 6.61 Å². The zero-order valence-electron chi connectivity index (χ0n) is 9.78. The van der Waals surface area contributed by atoms with Crippen LogP contribution >= 0.6 is 0 Å². The summed E-state index contributed by atoms with van der Waals surface area (Å²) in [5.41, 5.74) is 11.4. The first-order valence-corrected chi connectivity index (χ1v) is 5.44. The van der Waals surface area contributed by atoms with Crippen LogP contribution < -0.4 is 16.2 Å². The summed E-state index contributed by atoms with van der Waals surface area (Å²) in [6.07, 6.45) is 0.680. The Balaban J connectivity index is 2.59. The van der Waals surface area contributed by atoms with Gasteiger partial charge in [0.1, 0.15) is 0 Å². The number of carbonyl (C=O) groups excluding carboxylic acids is 1. The molecule has 1 atom stereocenters. The van der Waals surface area contributed by atoms with Crippen LogP contribution in [0.5, 0.6) is 5.75 Å². The fraction of sp³-hybridized carbons (Fsp3) is 0.417. The van der Waals surface area contributed by atoms with E-state index in [1.54, 1.807) is 6.07 Å². The SMILES string of the molecule is CC(N)Cc1ccc(OCCC(N)=O)c(F)c1. The van der Waals surface area contributed by atoms with Crippen molar-refractivity contribution in [3.8, 4) is 5.75 Å². The van der Waals surface area contributed by atoms with Crippen molar-refractivity contribution in [3.63, 3.8) is 0 Å². The topological polar surface area (TPSA) is 78.3 Å². The van der Waals surface area contributed by atoms with Gasteiger partial charge in [-0.25, -0.2) is 4.39 Å². The molecule has 17 heavy (non-hydrogen) atoms. The Morgan fingerprint density at radius 3 is 2.76 bits per heavy atom. The monoisotopic (exact) mass is 240 g/mol. The molecular weight excluding hydrogens is 223 g/mol. The van der Waals surface area contributed by atoms with E-state index in [0.717, 1.165) is 5.56 Å². The number of nitrogens with two attached hydrogens (primary N) is 2. The first-order valence-electron chi connectivity index (χ1n) is 5.44. The highest BCUT2D eigenvalue weighted by Gasteiger charge is 2.06. The van der Waals surface area contributed by atoms with Crippen LogP contribution in [0.4, 0.5) is 4.39 Å². The van der Waals surface area contributed by atoms with E-state index < -0.39 is 11.7 Å². The van der Waals surface area contributed by atoms with E-state index in [-0.39, 0.29) is 24.8 Å². The number of ether oxygens (including phenoxy) is 1. The summed E-state index contributed by atoms with van der Waals surface area (Å²) in [7, 11) is 0. The van der Waals surface area contributed by atoms with Crippen LogP contribution in [0.25, 0.3) is 0 Å². The normalized spacial score (nSPS) is 12.2. The molecule has 0 saturated heterocycles. The summed E-state index contributed by atoms with van der Waals surface area (Å²) in [6, 6.07) is 4.67. The van der Waals surface area contributed by atoms with E-state index in [0.29, 0.717) is 6.42 Å². The van der Waals surface area contributed by atoms with Gasteiger partial charge in [0.2, 0.25) is 5.91 Å². The smallest absolute Gasteiger partial charge is 0.220 e. The molecule has 0 aliphatic carbocycles. The number of carbonyl (C=O) groups is 1. The largest absolute Gasteiger partial charge is 0.490 e. The second kappa shape index (κ2) is 6.20. The predicted octanol–water partition coefficient (Wildman–Crippen LogP) is 0.970. The van der Waals surface area contributed by atoms with Gasteiger partial charge in [0, 0.05) is 6.04 Å². The van der Waals surface area contributed by atoms with E-state index in [4.69, 9.17) is 16.2 Å². The molecule has 0 fully saturated rings. The number of halogens is 1. The second-order valence-electron chi connectivity index (χ2n) is 4.01. The Bertz CT molecular complexity index is 394. The molecule has 4 N–H and O–H groups in total. The molecule has 94 valence electrons. The molecule has 0 aliphatic heterocycles. The van der Waals surface area contributed by atoms with E-state index in [1.807, 2.05) is 6.92 Å². The lowest BCUT2D eigenvalue weighted by Crippen LogP contribution is -2.18. The highest BCUT2D eigenvalue weighted by atomic mass is 19.1. The van der Waals surface area contributed by atoms with E-state index in [1.165, 1.54) is 12.1 Å². The first kappa shape index (κ1) is 13.4. The molecule has 1 unspecified atom stereocenters. The third-order valence-electron chi connectivity index (χ3n) is 2.16. The third kappa shape index (κ3) is 4.82. The molecule has 0 aromatic heterocycles. The molecule has 1 rings (SSSR count). The van der Waals surface area contributed by atoms with Gasteiger partial charge < -0.3 is 16.2 Å². The van der Waals surface area contributed by atoms with Crippen LogP contribution in [-0.2, 0) is 11.2 Å².